The molecule has 0 aliphatic carbocycles. The van der Waals surface area contributed by atoms with Crippen LogP contribution < -0.4 is 15.4 Å². The molecule has 0 radical (unpaired) electrons. The number of rotatable bonds is 7. The Morgan fingerprint density at radius 2 is 1.87 bits per heavy atom. The Balaban J connectivity index is 1.46. The lowest BCUT2D eigenvalue weighted by Gasteiger charge is -2.31. The summed E-state index contributed by atoms with van der Waals surface area (Å²) in [6.45, 7) is 9.69. The molecule has 1 atom stereocenters. The van der Waals surface area contributed by atoms with E-state index in [1.165, 1.54) is 27.6 Å². The molecule has 0 spiro atoms. The van der Waals surface area contributed by atoms with E-state index in [0.29, 0.717) is 17.6 Å². The van der Waals surface area contributed by atoms with Crippen molar-refractivity contribution in [3.05, 3.63) is 40.2 Å². The van der Waals surface area contributed by atoms with Crippen LogP contribution in [-0.2, 0) is 23.3 Å². The van der Waals surface area contributed by atoms with Gasteiger partial charge >= 0.3 is 0 Å². The Morgan fingerprint density at radius 1 is 1.15 bits per heavy atom. The zero-order valence-electron chi connectivity index (χ0n) is 23.2. The molecule has 2 aliphatic heterocycles. The summed E-state index contributed by atoms with van der Waals surface area (Å²) in [6.07, 6.45) is 6.31. The highest BCUT2D eigenvalue weighted by Crippen LogP contribution is 2.45. The summed E-state index contributed by atoms with van der Waals surface area (Å²) in [5, 5.41) is 10.1. The number of aryl methyl sites for hydroxylation is 2. The van der Waals surface area contributed by atoms with Crippen molar-refractivity contribution in [2.24, 2.45) is 7.05 Å². The Kier molecular flexibility index (Phi) is 7.51. The van der Waals surface area contributed by atoms with Gasteiger partial charge in [-0.25, -0.2) is 13.4 Å². The fraction of sp³-hybridized carbons (Fsp3) is 0.519. The fourth-order valence-electron chi connectivity index (χ4n) is 5.46. The number of nitrogens with one attached hydrogen (secondary N) is 2. The average Bonchev–Trinajstić information content (AvgIpc) is 3.44. The molecule has 12 heteroatoms. The van der Waals surface area contributed by atoms with Crippen LogP contribution in [0.1, 0.15) is 56.2 Å². The molecule has 3 aromatic rings. The van der Waals surface area contributed by atoms with Crippen LogP contribution in [0.25, 0.3) is 0 Å². The maximum atomic E-state index is 12.9. The lowest BCUT2D eigenvalue weighted by atomic mass is 9.82. The second-order valence-electron chi connectivity index (χ2n) is 10.9. The number of hydrogen-bond donors (Lipinski definition) is 2. The molecular weight excluding hydrogens is 538 g/mol. The Morgan fingerprint density at radius 3 is 2.56 bits per heavy atom. The zero-order chi connectivity index (χ0) is 28.1. The first kappa shape index (κ1) is 27.7. The smallest absolute Gasteiger partial charge is 0.229 e. The number of anilines is 4. The molecule has 0 amide bonds. The predicted octanol–water partition coefficient (Wildman–Crippen LogP) is 4.97. The van der Waals surface area contributed by atoms with Crippen LogP contribution >= 0.6 is 11.6 Å². The zero-order valence-corrected chi connectivity index (χ0v) is 24.8. The molecule has 1 aromatic carbocycles. The van der Waals surface area contributed by atoms with E-state index in [1.807, 2.05) is 0 Å². The highest BCUT2D eigenvalue weighted by Gasteiger charge is 2.32. The van der Waals surface area contributed by atoms with Crippen molar-refractivity contribution in [1.29, 1.82) is 0 Å². The molecule has 210 valence electrons. The van der Waals surface area contributed by atoms with Gasteiger partial charge in [0.15, 0.2) is 5.82 Å². The van der Waals surface area contributed by atoms with E-state index in [4.69, 9.17) is 16.3 Å². The average molecular weight is 574 g/mol. The molecule has 2 aliphatic rings. The lowest BCUT2D eigenvalue weighted by molar-refractivity contribution is 0.254. The number of sulfone groups is 1. The van der Waals surface area contributed by atoms with Crippen molar-refractivity contribution in [2.75, 3.05) is 30.8 Å². The van der Waals surface area contributed by atoms with Gasteiger partial charge in [-0.1, -0.05) is 11.6 Å². The van der Waals surface area contributed by atoms with Crippen molar-refractivity contribution in [2.45, 2.75) is 69.3 Å². The summed E-state index contributed by atoms with van der Waals surface area (Å²) >= 11 is 6.42. The van der Waals surface area contributed by atoms with Gasteiger partial charge in [-0.3, -0.25) is 4.68 Å². The first-order valence-corrected chi connectivity index (χ1v) is 15.2. The normalized spacial score (nSPS) is 18.3. The van der Waals surface area contributed by atoms with E-state index < -0.39 is 15.1 Å². The largest absolute Gasteiger partial charge is 0.488 e. The Hall–Kier alpha value is -2.89. The van der Waals surface area contributed by atoms with E-state index in [2.05, 4.69) is 57.6 Å². The summed E-state index contributed by atoms with van der Waals surface area (Å²) in [5.41, 5.74) is 5.03. The van der Waals surface area contributed by atoms with Gasteiger partial charge in [0, 0.05) is 25.2 Å². The van der Waals surface area contributed by atoms with E-state index in [1.54, 1.807) is 27.1 Å². The molecule has 0 saturated carbocycles. The van der Waals surface area contributed by atoms with Crippen LogP contribution in [0.2, 0.25) is 5.02 Å². The van der Waals surface area contributed by atoms with Crippen molar-refractivity contribution in [3.8, 4) is 5.75 Å². The number of halogens is 1. The summed E-state index contributed by atoms with van der Waals surface area (Å²) in [6, 6.07) is 2.12. The lowest BCUT2D eigenvalue weighted by Crippen LogP contribution is -2.29. The van der Waals surface area contributed by atoms with Gasteiger partial charge in [0.1, 0.15) is 16.9 Å². The quantitative estimate of drug-likeness (QED) is 0.404. The first-order chi connectivity index (χ1) is 18.4. The van der Waals surface area contributed by atoms with E-state index in [0.717, 1.165) is 43.8 Å². The molecule has 2 N–H and O–H groups in total. The number of likely N-dealkylation sites (tertiary alicyclic amines) is 1. The SMILES string of the molecule is Cc1cc(Nc2ncc(Cl)c(Nc3cn(C)nc3S(=O)(=O)C(C)C)n2)c2c(c1C1CCN(C)CC1)CC(C)O2. The van der Waals surface area contributed by atoms with Crippen LogP contribution in [-0.4, -0.2) is 64.6 Å². The van der Waals surface area contributed by atoms with E-state index in [9.17, 15) is 8.42 Å². The number of hydrogen-bond acceptors (Lipinski definition) is 9. The Labute approximate surface area is 235 Å². The number of nitrogens with zero attached hydrogens (tertiary/aromatic N) is 5. The monoisotopic (exact) mass is 573 g/mol. The molecular formula is C27H36ClN7O3S. The van der Waals surface area contributed by atoms with Gasteiger partial charge in [0.25, 0.3) is 0 Å². The summed E-state index contributed by atoms with van der Waals surface area (Å²) in [4.78, 5) is 11.3. The third kappa shape index (κ3) is 5.44. The second-order valence-corrected chi connectivity index (χ2v) is 13.8. The minimum atomic E-state index is -3.63. The second kappa shape index (κ2) is 10.6. The van der Waals surface area contributed by atoms with Gasteiger partial charge in [-0.05, 0) is 83.8 Å². The highest BCUT2D eigenvalue weighted by molar-refractivity contribution is 7.92. The van der Waals surface area contributed by atoms with Crippen molar-refractivity contribution >= 4 is 44.6 Å². The molecule has 10 nitrogen and oxygen atoms in total. The molecule has 2 aromatic heterocycles. The van der Waals surface area contributed by atoms with Gasteiger partial charge < -0.3 is 20.3 Å². The van der Waals surface area contributed by atoms with Crippen molar-refractivity contribution in [3.63, 3.8) is 0 Å². The van der Waals surface area contributed by atoms with Crippen LogP contribution in [0.3, 0.4) is 0 Å². The standard InChI is InChI=1S/C27H36ClN7O3S/c1-15(2)39(36,37)26-22(14-35(6)33-26)30-25-20(28)13-29-27(32-25)31-21-11-16(3)23(18-7-9-34(5)10-8-18)19-12-17(4)38-24(19)21/h11,13-15,17-18H,7-10,12H2,1-6H3,(H2,29,30,31,32). The van der Waals surface area contributed by atoms with Crippen LogP contribution in [0, 0.1) is 6.92 Å². The number of benzene rings is 1. The molecule has 1 unspecified atom stereocenters. The number of ether oxygens (including phenoxy) is 1. The predicted molar refractivity (Wildman–Crippen MR) is 154 cm³/mol. The van der Waals surface area contributed by atoms with Crippen LogP contribution in [0.5, 0.6) is 5.75 Å². The fourth-order valence-corrected chi connectivity index (χ4v) is 6.70. The van der Waals surface area contributed by atoms with E-state index in [-0.39, 0.29) is 22.0 Å². The van der Waals surface area contributed by atoms with Gasteiger partial charge in [0.2, 0.25) is 20.8 Å². The molecule has 4 heterocycles. The maximum absolute atomic E-state index is 12.9. The van der Waals surface area contributed by atoms with Gasteiger partial charge in [0.05, 0.1) is 22.8 Å². The van der Waals surface area contributed by atoms with Crippen LogP contribution in [0.4, 0.5) is 23.1 Å². The summed E-state index contributed by atoms with van der Waals surface area (Å²) in [5.74, 6) is 1.97. The molecule has 1 saturated heterocycles. The maximum Gasteiger partial charge on any atom is 0.229 e. The molecule has 39 heavy (non-hydrogen) atoms. The number of fused-ring (bicyclic) bond motifs is 1. The van der Waals surface area contributed by atoms with Gasteiger partial charge in [-0.15, -0.1) is 0 Å². The van der Waals surface area contributed by atoms with Crippen molar-refractivity contribution < 1.29 is 13.2 Å². The summed E-state index contributed by atoms with van der Waals surface area (Å²) < 4.78 is 33.5. The topological polar surface area (TPSA) is 114 Å². The molecule has 1 fully saturated rings. The first-order valence-electron chi connectivity index (χ1n) is 13.3. The summed E-state index contributed by atoms with van der Waals surface area (Å²) in [7, 11) is 0.217. The molecule has 5 rings (SSSR count). The minimum Gasteiger partial charge on any atom is -0.488 e. The highest BCUT2D eigenvalue weighted by atomic mass is 35.5. The number of piperidine rings is 1. The third-order valence-corrected chi connectivity index (χ3v) is 9.85. The minimum absolute atomic E-state index is 0.0514. The Bertz CT molecular complexity index is 1500. The number of aromatic nitrogens is 4. The molecule has 0 bridgehead atoms. The third-order valence-electron chi connectivity index (χ3n) is 7.50. The van der Waals surface area contributed by atoms with Gasteiger partial charge in [-0.2, -0.15) is 10.1 Å². The van der Waals surface area contributed by atoms with Crippen LogP contribution in [0.15, 0.2) is 23.5 Å². The van der Waals surface area contributed by atoms with E-state index >= 15 is 0 Å². The van der Waals surface area contributed by atoms with Crippen molar-refractivity contribution in [1.82, 2.24) is 24.6 Å².